The summed E-state index contributed by atoms with van der Waals surface area (Å²) in [6.45, 7) is 0. The monoisotopic (exact) mass is 433 g/mol. The van der Waals surface area contributed by atoms with Gasteiger partial charge in [0.15, 0.2) is 11.0 Å². The molecular weight excluding hydrogens is 418 g/mol. The van der Waals surface area contributed by atoms with Crippen LogP contribution in [0.25, 0.3) is 11.4 Å². The number of carbonyl (C=O) groups is 1. The minimum absolute atomic E-state index is 0.00970. The number of aromatic nitrogens is 3. The first kappa shape index (κ1) is 20.6. The van der Waals surface area contributed by atoms with Crippen LogP contribution in [0.5, 0.6) is 5.75 Å². The number of nitro groups is 1. The zero-order valence-corrected chi connectivity index (χ0v) is 17.0. The van der Waals surface area contributed by atoms with E-state index in [0.717, 1.165) is 5.56 Å². The largest absolute Gasteiger partial charge is 0.496 e. The number of nitrogens with zero attached hydrogens (tertiary/aromatic N) is 4. The molecule has 0 radical (unpaired) electrons. The maximum Gasteiger partial charge on any atom is 0.296 e. The summed E-state index contributed by atoms with van der Waals surface area (Å²) in [7, 11) is 3.20. The number of amides is 1. The van der Waals surface area contributed by atoms with Crippen molar-refractivity contribution in [3.8, 4) is 17.1 Å². The standard InChI is InChI=1S/C18H16ClN5O4S/c1-23-17(11-3-5-12(19)6-4-11)21-22-18(23)29-10-16(25)20-14-8-7-13(28-2)9-15(14)24(26)27/h3-9H,10H2,1-2H3,(H,20,25). The molecule has 11 heteroatoms. The van der Waals surface area contributed by atoms with Gasteiger partial charge in [0.05, 0.1) is 23.9 Å². The molecule has 9 nitrogen and oxygen atoms in total. The fraction of sp³-hybridized carbons (Fsp3) is 0.167. The molecule has 0 atom stereocenters. The molecule has 0 unspecified atom stereocenters. The number of benzene rings is 2. The number of carbonyl (C=O) groups excluding carboxylic acids is 1. The smallest absolute Gasteiger partial charge is 0.296 e. The lowest BCUT2D eigenvalue weighted by Gasteiger charge is -2.07. The molecule has 0 saturated carbocycles. The van der Waals surface area contributed by atoms with Gasteiger partial charge < -0.3 is 14.6 Å². The van der Waals surface area contributed by atoms with Gasteiger partial charge in [-0.05, 0) is 36.4 Å². The molecule has 0 aliphatic carbocycles. The molecule has 1 heterocycles. The minimum atomic E-state index is -0.577. The fourth-order valence-electron chi connectivity index (χ4n) is 2.50. The Bertz CT molecular complexity index is 1050. The van der Waals surface area contributed by atoms with Crippen LogP contribution in [0.1, 0.15) is 0 Å². The van der Waals surface area contributed by atoms with E-state index in [9.17, 15) is 14.9 Å². The molecule has 3 aromatic rings. The molecule has 1 aromatic heterocycles. The van der Waals surface area contributed by atoms with Gasteiger partial charge in [-0.2, -0.15) is 0 Å². The number of nitro benzene ring substituents is 1. The second-order valence-corrected chi connectivity index (χ2v) is 7.23. The first-order chi connectivity index (χ1) is 13.9. The van der Waals surface area contributed by atoms with Gasteiger partial charge in [-0.25, -0.2) is 0 Å². The number of ether oxygens (including phenoxy) is 1. The Morgan fingerprint density at radius 1 is 1.28 bits per heavy atom. The molecule has 150 valence electrons. The molecule has 0 bridgehead atoms. The average molecular weight is 434 g/mol. The van der Waals surface area contributed by atoms with Crippen molar-refractivity contribution < 1.29 is 14.5 Å². The maximum absolute atomic E-state index is 12.3. The zero-order chi connectivity index (χ0) is 21.0. The van der Waals surface area contributed by atoms with Gasteiger partial charge in [-0.3, -0.25) is 14.9 Å². The molecule has 1 amide bonds. The number of hydrogen-bond donors (Lipinski definition) is 1. The second kappa shape index (κ2) is 8.93. The van der Waals surface area contributed by atoms with E-state index in [4.69, 9.17) is 16.3 Å². The highest BCUT2D eigenvalue weighted by Crippen LogP contribution is 2.29. The minimum Gasteiger partial charge on any atom is -0.496 e. The van der Waals surface area contributed by atoms with E-state index < -0.39 is 10.8 Å². The number of methoxy groups -OCH3 is 1. The maximum atomic E-state index is 12.3. The molecule has 29 heavy (non-hydrogen) atoms. The van der Waals surface area contributed by atoms with Crippen LogP contribution < -0.4 is 10.1 Å². The van der Waals surface area contributed by atoms with E-state index in [2.05, 4.69) is 15.5 Å². The molecule has 0 saturated heterocycles. The SMILES string of the molecule is COc1ccc(NC(=O)CSc2nnc(-c3ccc(Cl)cc3)n2C)c([N+](=O)[O-])c1. The summed E-state index contributed by atoms with van der Waals surface area (Å²) in [5.41, 5.74) is 0.696. The predicted octanol–water partition coefficient (Wildman–Crippen LogP) is 3.78. The summed E-state index contributed by atoms with van der Waals surface area (Å²) in [6.07, 6.45) is 0. The Labute approximate surface area is 175 Å². The lowest BCUT2D eigenvalue weighted by molar-refractivity contribution is -0.384. The van der Waals surface area contributed by atoms with Crippen molar-refractivity contribution in [2.24, 2.45) is 7.05 Å². The van der Waals surface area contributed by atoms with Crippen LogP contribution >= 0.6 is 23.4 Å². The van der Waals surface area contributed by atoms with Crippen molar-refractivity contribution >= 4 is 40.6 Å². The van der Waals surface area contributed by atoms with E-state index in [-0.39, 0.29) is 17.1 Å². The number of hydrogen-bond acceptors (Lipinski definition) is 7. The van der Waals surface area contributed by atoms with E-state index >= 15 is 0 Å². The number of thioether (sulfide) groups is 1. The van der Waals surface area contributed by atoms with Crippen molar-refractivity contribution in [3.63, 3.8) is 0 Å². The Kier molecular flexibility index (Phi) is 6.35. The van der Waals surface area contributed by atoms with Crippen LogP contribution in [0, 0.1) is 10.1 Å². The van der Waals surface area contributed by atoms with E-state index in [1.165, 1.54) is 37.1 Å². The van der Waals surface area contributed by atoms with Crippen LogP contribution in [0.4, 0.5) is 11.4 Å². The average Bonchev–Trinajstić information content (AvgIpc) is 3.07. The molecule has 0 spiro atoms. The van der Waals surface area contributed by atoms with E-state index in [1.807, 2.05) is 12.1 Å². The second-order valence-electron chi connectivity index (χ2n) is 5.85. The molecule has 0 aliphatic rings. The molecular formula is C18H16ClN5O4S. The van der Waals surface area contributed by atoms with Gasteiger partial charge in [-0.15, -0.1) is 10.2 Å². The molecule has 0 aliphatic heterocycles. The van der Waals surface area contributed by atoms with Gasteiger partial charge in [0.1, 0.15) is 11.4 Å². The summed E-state index contributed by atoms with van der Waals surface area (Å²) in [5, 5.41) is 23.2. The highest BCUT2D eigenvalue weighted by Gasteiger charge is 2.18. The van der Waals surface area contributed by atoms with Crippen molar-refractivity contribution in [1.82, 2.24) is 14.8 Å². The van der Waals surface area contributed by atoms with E-state index in [0.29, 0.717) is 21.8 Å². The lowest BCUT2D eigenvalue weighted by atomic mass is 10.2. The van der Waals surface area contributed by atoms with Crippen LogP contribution in [0.15, 0.2) is 47.6 Å². The first-order valence-electron chi connectivity index (χ1n) is 8.29. The summed E-state index contributed by atoms with van der Waals surface area (Å²) in [6, 6.07) is 11.4. The van der Waals surface area contributed by atoms with Gasteiger partial charge in [0.2, 0.25) is 5.91 Å². The van der Waals surface area contributed by atoms with Crippen molar-refractivity contribution in [3.05, 3.63) is 57.6 Å². The number of anilines is 1. The zero-order valence-electron chi connectivity index (χ0n) is 15.5. The highest BCUT2D eigenvalue weighted by atomic mass is 35.5. The van der Waals surface area contributed by atoms with Gasteiger partial charge in [-0.1, -0.05) is 23.4 Å². The van der Waals surface area contributed by atoms with Gasteiger partial charge in [0, 0.05) is 17.6 Å². The Hall–Kier alpha value is -3.11. The van der Waals surface area contributed by atoms with Gasteiger partial charge >= 0.3 is 0 Å². The number of nitrogens with one attached hydrogen (secondary N) is 1. The quantitative estimate of drug-likeness (QED) is 0.342. The third kappa shape index (κ3) is 4.84. The number of halogens is 1. The summed E-state index contributed by atoms with van der Waals surface area (Å²) < 4.78 is 6.74. The van der Waals surface area contributed by atoms with Crippen LogP contribution in [-0.2, 0) is 11.8 Å². The first-order valence-corrected chi connectivity index (χ1v) is 9.66. The van der Waals surface area contributed by atoms with E-state index in [1.54, 1.807) is 23.7 Å². The van der Waals surface area contributed by atoms with Crippen LogP contribution in [0.3, 0.4) is 0 Å². The lowest BCUT2D eigenvalue weighted by Crippen LogP contribution is -2.15. The van der Waals surface area contributed by atoms with Crippen molar-refractivity contribution in [1.29, 1.82) is 0 Å². The summed E-state index contributed by atoms with van der Waals surface area (Å²) in [5.74, 6) is 0.572. The highest BCUT2D eigenvalue weighted by molar-refractivity contribution is 7.99. The summed E-state index contributed by atoms with van der Waals surface area (Å²) in [4.78, 5) is 22.9. The third-order valence-electron chi connectivity index (χ3n) is 3.95. The van der Waals surface area contributed by atoms with Gasteiger partial charge in [0.25, 0.3) is 5.69 Å². The number of rotatable bonds is 7. The van der Waals surface area contributed by atoms with Crippen LogP contribution in [0.2, 0.25) is 5.02 Å². The fourth-order valence-corrected chi connectivity index (χ4v) is 3.34. The summed E-state index contributed by atoms with van der Waals surface area (Å²) >= 11 is 7.07. The Morgan fingerprint density at radius 2 is 2.00 bits per heavy atom. The third-order valence-corrected chi connectivity index (χ3v) is 5.22. The predicted molar refractivity (Wildman–Crippen MR) is 110 cm³/mol. The topological polar surface area (TPSA) is 112 Å². The van der Waals surface area contributed by atoms with Crippen LogP contribution in [-0.4, -0.2) is 38.5 Å². The molecule has 2 aromatic carbocycles. The molecule has 1 N–H and O–H groups in total. The molecule has 3 rings (SSSR count). The molecule has 0 fully saturated rings. The van der Waals surface area contributed by atoms with Crippen molar-refractivity contribution in [2.45, 2.75) is 5.16 Å². The normalized spacial score (nSPS) is 10.6. The Balaban J connectivity index is 1.67. The Morgan fingerprint density at radius 3 is 2.66 bits per heavy atom. The van der Waals surface area contributed by atoms with Crippen molar-refractivity contribution in [2.75, 3.05) is 18.2 Å².